The molecule has 8 nitrogen and oxygen atoms in total. The third-order valence-corrected chi connectivity index (χ3v) is 4.24. The molecule has 1 fully saturated rings. The van der Waals surface area contributed by atoms with Gasteiger partial charge in [0.2, 0.25) is 11.8 Å². The molecule has 1 aliphatic heterocycles. The first-order chi connectivity index (χ1) is 12.5. The second-order valence-corrected chi connectivity index (χ2v) is 6.14. The van der Waals surface area contributed by atoms with Gasteiger partial charge in [-0.15, -0.1) is 0 Å². The summed E-state index contributed by atoms with van der Waals surface area (Å²) in [6.45, 7) is 0.599. The molecule has 0 radical (unpaired) electrons. The van der Waals surface area contributed by atoms with Crippen molar-refractivity contribution < 1.29 is 19.5 Å². The first-order valence-electron chi connectivity index (χ1n) is 8.50. The van der Waals surface area contributed by atoms with Crippen molar-refractivity contribution in [3.8, 4) is 5.69 Å². The predicted octanol–water partition coefficient (Wildman–Crippen LogP) is 1.91. The number of likely N-dealkylation sites (tertiary alicyclic amines) is 1. The molecule has 2 heterocycles. The van der Waals surface area contributed by atoms with Crippen LogP contribution in [0.1, 0.15) is 36.2 Å². The lowest BCUT2D eigenvalue weighted by Gasteiger charge is -2.20. The number of aromatic carboxylic acids is 1. The van der Waals surface area contributed by atoms with E-state index in [2.05, 4.69) is 10.4 Å². The van der Waals surface area contributed by atoms with Gasteiger partial charge in [-0.3, -0.25) is 9.59 Å². The summed E-state index contributed by atoms with van der Waals surface area (Å²) in [4.78, 5) is 37.0. The Morgan fingerprint density at radius 3 is 2.73 bits per heavy atom. The highest BCUT2D eigenvalue weighted by Gasteiger charge is 2.20. The van der Waals surface area contributed by atoms with E-state index in [0.29, 0.717) is 24.3 Å². The Bertz CT molecular complexity index is 830. The highest BCUT2D eigenvalue weighted by Crippen LogP contribution is 2.20. The van der Waals surface area contributed by atoms with Crippen molar-refractivity contribution in [2.75, 3.05) is 18.4 Å². The summed E-state index contributed by atoms with van der Waals surface area (Å²) in [6.07, 6.45) is 4.77. The standard InChI is InChI=1S/C18H20N4O4/c23-16(12-21-10-5-1-2-8-17(21)24)19-13-6-3-4-7-15(13)22-11-9-14(20-22)18(25)26/h3-4,6-7,9,11H,1-2,5,8,10,12H2,(H,19,23)(H,25,26). The van der Waals surface area contributed by atoms with E-state index in [4.69, 9.17) is 5.11 Å². The summed E-state index contributed by atoms with van der Waals surface area (Å²) in [5.74, 6) is -1.41. The van der Waals surface area contributed by atoms with Crippen molar-refractivity contribution in [2.45, 2.75) is 25.7 Å². The van der Waals surface area contributed by atoms with Gasteiger partial charge < -0.3 is 15.3 Å². The SMILES string of the molecule is O=C(CN1CCCCCC1=O)Nc1ccccc1-n1ccc(C(=O)O)n1. The zero-order valence-electron chi connectivity index (χ0n) is 14.2. The minimum absolute atomic E-state index is 0.00381. The minimum atomic E-state index is -1.12. The molecule has 0 spiro atoms. The van der Waals surface area contributed by atoms with Crippen LogP contribution in [0.5, 0.6) is 0 Å². The summed E-state index contributed by atoms with van der Waals surface area (Å²) in [5.41, 5.74) is 0.969. The Morgan fingerprint density at radius 2 is 1.96 bits per heavy atom. The molecule has 1 saturated heterocycles. The van der Waals surface area contributed by atoms with Gasteiger partial charge in [-0.25, -0.2) is 9.48 Å². The molecule has 1 aromatic carbocycles. The van der Waals surface area contributed by atoms with E-state index < -0.39 is 5.97 Å². The lowest BCUT2D eigenvalue weighted by molar-refractivity contribution is -0.134. The number of carboxylic acids is 1. The van der Waals surface area contributed by atoms with Crippen LogP contribution in [0.25, 0.3) is 5.69 Å². The summed E-state index contributed by atoms with van der Waals surface area (Å²) in [6, 6.07) is 8.35. The molecule has 3 rings (SSSR count). The fourth-order valence-corrected chi connectivity index (χ4v) is 2.92. The fraction of sp³-hybridized carbons (Fsp3) is 0.333. The van der Waals surface area contributed by atoms with Gasteiger partial charge >= 0.3 is 5.97 Å². The largest absolute Gasteiger partial charge is 0.476 e. The second-order valence-electron chi connectivity index (χ2n) is 6.14. The molecule has 2 N–H and O–H groups in total. The van der Waals surface area contributed by atoms with Gasteiger partial charge in [0.1, 0.15) is 0 Å². The molecule has 1 aliphatic rings. The number of carbonyl (C=O) groups excluding carboxylic acids is 2. The number of nitrogens with zero attached hydrogens (tertiary/aromatic N) is 3. The molecule has 0 unspecified atom stereocenters. The second kappa shape index (κ2) is 7.81. The number of carboxylic acid groups (broad SMARTS) is 1. The molecule has 0 bridgehead atoms. The highest BCUT2D eigenvalue weighted by molar-refractivity contribution is 5.96. The highest BCUT2D eigenvalue weighted by atomic mass is 16.4. The average molecular weight is 356 g/mol. The van der Waals surface area contributed by atoms with Gasteiger partial charge in [0.15, 0.2) is 5.69 Å². The van der Waals surface area contributed by atoms with E-state index >= 15 is 0 Å². The molecule has 136 valence electrons. The summed E-state index contributed by atoms with van der Waals surface area (Å²) in [7, 11) is 0. The molecule has 0 atom stereocenters. The van der Waals surface area contributed by atoms with Gasteiger partial charge in [-0.05, 0) is 31.0 Å². The maximum absolute atomic E-state index is 12.4. The first kappa shape index (κ1) is 17.7. The third kappa shape index (κ3) is 4.08. The van der Waals surface area contributed by atoms with Crippen LogP contribution in [-0.2, 0) is 9.59 Å². The van der Waals surface area contributed by atoms with Crippen molar-refractivity contribution in [2.24, 2.45) is 0 Å². The Morgan fingerprint density at radius 1 is 1.15 bits per heavy atom. The number of aromatic nitrogens is 2. The van der Waals surface area contributed by atoms with Crippen molar-refractivity contribution >= 4 is 23.5 Å². The number of rotatable bonds is 5. The molecule has 2 aromatic rings. The van der Waals surface area contributed by atoms with Crippen LogP contribution in [0.3, 0.4) is 0 Å². The number of hydrogen-bond acceptors (Lipinski definition) is 4. The number of amides is 2. The molecule has 8 heteroatoms. The zero-order valence-corrected chi connectivity index (χ0v) is 14.2. The topological polar surface area (TPSA) is 105 Å². The van der Waals surface area contributed by atoms with Crippen LogP contribution in [0.4, 0.5) is 5.69 Å². The quantitative estimate of drug-likeness (QED) is 0.851. The van der Waals surface area contributed by atoms with Crippen molar-refractivity contribution in [1.29, 1.82) is 0 Å². The number of carbonyl (C=O) groups is 3. The predicted molar refractivity (Wildman–Crippen MR) is 94.2 cm³/mol. The minimum Gasteiger partial charge on any atom is -0.476 e. The van der Waals surface area contributed by atoms with Gasteiger partial charge in [0, 0.05) is 19.2 Å². The van der Waals surface area contributed by atoms with Crippen LogP contribution in [0.15, 0.2) is 36.5 Å². The maximum Gasteiger partial charge on any atom is 0.356 e. The van der Waals surface area contributed by atoms with Crippen molar-refractivity contribution in [1.82, 2.24) is 14.7 Å². The molecule has 2 amide bonds. The number of anilines is 1. The third-order valence-electron chi connectivity index (χ3n) is 4.24. The average Bonchev–Trinajstić information content (AvgIpc) is 3.02. The molecule has 1 aromatic heterocycles. The number of nitrogens with one attached hydrogen (secondary N) is 1. The molecule has 0 aliphatic carbocycles. The van der Waals surface area contributed by atoms with Gasteiger partial charge in [-0.1, -0.05) is 18.6 Å². The van der Waals surface area contributed by atoms with Crippen LogP contribution in [0.2, 0.25) is 0 Å². The lowest BCUT2D eigenvalue weighted by atomic mass is 10.2. The number of hydrogen-bond donors (Lipinski definition) is 2. The zero-order chi connectivity index (χ0) is 18.5. The van der Waals surface area contributed by atoms with Crippen molar-refractivity contribution in [3.63, 3.8) is 0 Å². The van der Waals surface area contributed by atoms with E-state index in [1.54, 1.807) is 29.2 Å². The Balaban J connectivity index is 1.74. The smallest absolute Gasteiger partial charge is 0.356 e. The van der Waals surface area contributed by atoms with Crippen LogP contribution in [0, 0.1) is 0 Å². The lowest BCUT2D eigenvalue weighted by Crippen LogP contribution is -2.37. The Hall–Kier alpha value is -3.16. The van der Waals surface area contributed by atoms with Crippen LogP contribution >= 0.6 is 0 Å². The summed E-state index contributed by atoms with van der Waals surface area (Å²) >= 11 is 0. The van der Waals surface area contributed by atoms with E-state index in [1.807, 2.05) is 0 Å². The monoisotopic (exact) mass is 356 g/mol. The summed E-state index contributed by atoms with van der Waals surface area (Å²) in [5, 5.41) is 15.8. The van der Waals surface area contributed by atoms with Crippen LogP contribution in [-0.4, -0.2) is 50.7 Å². The molecular weight excluding hydrogens is 336 g/mol. The van der Waals surface area contributed by atoms with Crippen LogP contribution < -0.4 is 5.32 Å². The first-order valence-corrected chi connectivity index (χ1v) is 8.50. The summed E-state index contributed by atoms with van der Waals surface area (Å²) < 4.78 is 1.40. The molecule has 26 heavy (non-hydrogen) atoms. The Labute approximate surface area is 150 Å². The van der Waals surface area contributed by atoms with E-state index in [0.717, 1.165) is 19.3 Å². The fourth-order valence-electron chi connectivity index (χ4n) is 2.92. The normalized spacial score (nSPS) is 14.8. The molecular formula is C18H20N4O4. The van der Waals surface area contributed by atoms with Crippen molar-refractivity contribution in [3.05, 3.63) is 42.2 Å². The van der Waals surface area contributed by atoms with E-state index in [1.165, 1.54) is 16.9 Å². The van der Waals surface area contributed by atoms with Gasteiger partial charge in [0.25, 0.3) is 0 Å². The Kier molecular flexibility index (Phi) is 5.31. The van der Waals surface area contributed by atoms with Gasteiger partial charge in [-0.2, -0.15) is 5.10 Å². The number of benzene rings is 1. The number of para-hydroxylation sites is 2. The van der Waals surface area contributed by atoms with Gasteiger partial charge in [0.05, 0.1) is 17.9 Å². The van der Waals surface area contributed by atoms with E-state index in [9.17, 15) is 14.4 Å². The maximum atomic E-state index is 12.4. The molecule has 0 saturated carbocycles. The van der Waals surface area contributed by atoms with E-state index in [-0.39, 0.29) is 24.1 Å².